The average molecular weight is 409 g/mol. The molecular weight excluding hydrogens is 388 g/mol. The van der Waals surface area contributed by atoms with Crippen molar-refractivity contribution >= 4 is 11.8 Å². The highest BCUT2D eigenvalue weighted by Gasteiger charge is 2.47. The summed E-state index contributed by atoms with van der Waals surface area (Å²) in [6.45, 7) is 1.21. The van der Waals surface area contributed by atoms with E-state index in [0.717, 1.165) is 4.90 Å². The first-order chi connectivity index (χ1) is 13.8. The van der Waals surface area contributed by atoms with E-state index in [4.69, 9.17) is 4.74 Å². The molecular formula is C17H21F2N7O3. The van der Waals surface area contributed by atoms with E-state index in [1.54, 1.807) is 11.9 Å². The minimum absolute atomic E-state index is 0.0188. The zero-order valence-electron chi connectivity index (χ0n) is 15.9. The third-order valence-corrected chi connectivity index (χ3v) is 5.04. The number of aryl methyl sites for hydroxylation is 1. The minimum atomic E-state index is -2.99. The second kappa shape index (κ2) is 7.50. The van der Waals surface area contributed by atoms with E-state index in [0.29, 0.717) is 26.3 Å². The van der Waals surface area contributed by atoms with E-state index in [9.17, 15) is 18.4 Å². The van der Waals surface area contributed by atoms with Gasteiger partial charge in [0.15, 0.2) is 5.69 Å². The molecule has 0 bridgehead atoms. The number of carbonyl (C=O) groups is 2. The Morgan fingerprint density at radius 2 is 2.00 bits per heavy atom. The van der Waals surface area contributed by atoms with Crippen LogP contribution in [0, 0.1) is 0 Å². The van der Waals surface area contributed by atoms with Crippen molar-refractivity contribution in [3.05, 3.63) is 29.8 Å². The van der Waals surface area contributed by atoms with Crippen molar-refractivity contribution in [3.8, 4) is 0 Å². The minimum Gasteiger partial charge on any atom is -0.378 e. The summed E-state index contributed by atoms with van der Waals surface area (Å²) in [6, 6.07) is -0.772. The predicted octanol–water partition coefficient (Wildman–Crippen LogP) is 0.0340. The van der Waals surface area contributed by atoms with Gasteiger partial charge < -0.3 is 14.5 Å². The van der Waals surface area contributed by atoms with E-state index in [-0.39, 0.29) is 23.7 Å². The van der Waals surface area contributed by atoms with Crippen LogP contribution in [0.3, 0.4) is 0 Å². The molecule has 2 saturated heterocycles. The first-order valence-corrected chi connectivity index (χ1v) is 9.27. The molecule has 0 unspecified atom stereocenters. The van der Waals surface area contributed by atoms with Crippen molar-refractivity contribution in [2.24, 2.45) is 7.05 Å². The molecule has 2 amide bonds. The van der Waals surface area contributed by atoms with Crippen LogP contribution in [0.5, 0.6) is 0 Å². The van der Waals surface area contributed by atoms with Gasteiger partial charge in [0.25, 0.3) is 17.7 Å². The van der Waals surface area contributed by atoms with Crippen LogP contribution in [-0.4, -0.2) is 91.2 Å². The Kier molecular flexibility index (Phi) is 5.03. The standard InChI is InChI=1S/C17H21F2N7O3/c1-23-8-12(7-20-23)15(27)26-11-17(18,19)6-13(26)9-25-10-14(21-22-25)16(28)24-2-4-29-5-3-24/h7-8,10,13H,2-6,9,11H2,1H3/t13-/m0/s1. The van der Waals surface area contributed by atoms with E-state index in [1.807, 2.05) is 0 Å². The van der Waals surface area contributed by atoms with Crippen LogP contribution in [-0.2, 0) is 18.3 Å². The number of alkyl halides is 2. The first kappa shape index (κ1) is 19.4. The van der Waals surface area contributed by atoms with Gasteiger partial charge in [0.05, 0.1) is 50.3 Å². The van der Waals surface area contributed by atoms with Gasteiger partial charge in [0.1, 0.15) is 0 Å². The van der Waals surface area contributed by atoms with Gasteiger partial charge in [-0.3, -0.25) is 14.3 Å². The summed E-state index contributed by atoms with van der Waals surface area (Å²) in [4.78, 5) is 27.9. The van der Waals surface area contributed by atoms with Crippen LogP contribution in [0.15, 0.2) is 18.6 Å². The lowest BCUT2D eigenvalue weighted by molar-refractivity contribution is 0.0117. The third-order valence-electron chi connectivity index (χ3n) is 5.04. The van der Waals surface area contributed by atoms with Crippen LogP contribution in [0.25, 0.3) is 0 Å². The van der Waals surface area contributed by atoms with Crippen molar-refractivity contribution in [2.45, 2.75) is 24.9 Å². The number of likely N-dealkylation sites (tertiary alicyclic amines) is 1. The molecule has 4 heterocycles. The summed E-state index contributed by atoms with van der Waals surface area (Å²) in [5, 5.41) is 11.7. The average Bonchev–Trinajstić information content (AvgIpc) is 3.40. The number of amides is 2. The lowest BCUT2D eigenvalue weighted by atomic mass is 10.2. The molecule has 2 fully saturated rings. The van der Waals surface area contributed by atoms with Crippen molar-refractivity contribution in [1.82, 2.24) is 34.6 Å². The van der Waals surface area contributed by atoms with Crippen LogP contribution >= 0.6 is 0 Å². The molecule has 10 nitrogen and oxygen atoms in total. The van der Waals surface area contributed by atoms with Crippen molar-refractivity contribution < 1.29 is 23.1 Å². The maximum Gasteiger partial charge on any atom is 0.276 e. The molecule has 4 rings (SSSR count). The molecule has 0 aromatic carbocycles. The second-order valence-corrected chi connectivity index (χ2v) is 7.28. The Morgan fingerprint density at radius 1 is 1.24 bits per heavy atom. The molecule has 0 radical (unpaired) electrons. The highest BCUT2D eigenvalue weighted by Crippen LogP contribution is 2.33. The van der Waals surface area contributed by atoms with E-state index in [2.05, 4.69) is 15.4 Å². The molecule has 2 aromatic heterocycles. The highest BCUT2D eigenvalue weighted by molar-refractivity contribution is 5.94. The Morgan fingerprint density at radius 3 is 2.69 bits per heavy atom. The van der Waals surface area contributed by atoms with Gasteiger partial charge in [-0.1, -0.05) is 5.21 Å². The lowest BCUT2D eigenvalue weighted by Gasteiger charge is -2.25. The molecule has 29 heavy (non-hydrogen) atoms. The van der Waals surface area contributed by atoms with Crippen molar-refractivity contribution in [3.63, 3.8) is 0 Å². The van der Waals surface area contributed by atoms with Gasteiger partial charge in [-0.2, -0.15) is 5.10 Å². The normalized spacial score (nSPS) is 21.6. The summed E-state index contributed by atoms with van der Waals surface area (Å²) < 4.78 is 36.1. The van der Waals surface area contributed by atoms with Crippen LogP contribution in [0.1, 0.15) is 27.3 Å². The number of halogens is 2. The number of morpholine rings is 1. The quantitative estimate of drug-likeness (QED) is 0.707. The topological polar surface area (TPSA) is 98.4 Å². The molecule has 12 heteroatoms. The van der Waals surface area contributed by atoms with E-state index >= 15 is 0 Å². The largest absolute Gasteiger partial charge is 0.378 e. The fourth-order valence-electron chi connectivity index (χ4n) is 3.63. The van der Waals surface area contributed by atoms with Gasteiger partial charge in [0.2, 0.25) is 0 Å². The van der Waals surface area contributed by atoms with Crippen LogP contribution in [0.2, 0.25) is 0 Å². The van der Waals surface area contributed by atoms with Gasteiger partial charge >= 0.3 is 0 Å². The molecule has 2 aromatic rings. The smallest absolute Gasteiger partial charge is 0.276 e. The van der Waals surface area contributed by atoms with Gasteiger partial charge in [-0.05, 0) is 0 Å². The number of hydrogen-bond donors (Lipinski definition) is 0. The molecule has 0 spiro atoms. The molecule has 2 aliphatic heterocycles. The maximum absolute atomic E-state index is 14.1. The molecule has 0 aliphatic carbocycles. The maximum atomic E-state index is 14.1. The second-order valence-electron chi connectivity index (χ2n) is 7.28. The highest BCUT2D eigenvalue weighted by atomic mass is 19.3. The van der Waals surface area contributed by atoms with Gasteiger partial charge in [0, 0.05) is 32.8 Å². The van der Waals surface area contributed by atoms with E-state index < -0.39 is 30.8 Å². The summed E-state index contributed by atoms with van der Waals surface area (Å²) >= 11 is 0. The fourth-order valence-corrected chi connectivity index (χ4v) is 3.63. The molecule has 1 atom stereocenters. The zero-order chi connectivity index (χ0) is 20.6. The van der Waals surface area contributed by atoms with Gasteiger partial charge in [-0.15, -0.1) is 5.10 Å². The molecule has 0 N–H and O–H groups in total. The molecule has 2 aliphatic rings. The Hall–Kier alpha value is -2.89. The number of rotatable bonds is 4. The first-order valence-electron chi connectivity index (χ1n) is 9.27. The number of ether oxygens (including phenoxy) is 1. The zero-order valence-corrected chi connectivity index (χ0v) is 15.9. The van der Waals surface area contributed by atoms with Crippen molar-refractivity contribution in [2.75, 3.05) is 32.8 Å². The molecule has 0 saturated carbocycles. The summed E-state index contributed by atoms with van der Waals surface area (Å²) in [5.74, 6) is -3.78. The van der Waals surface area contributed by atoms with Crippen LogP contribution in [0.4, 0.5) is 8.78 Å². The summed E-state index contributed by atoms with van der Waals surface area (Å²) in [7, 11) is 1.65. The van der Waals surface area contributed by atoms with Gasteiger partial charge in [-0.25, -0.2) is 13.5 Å². The van der Waals surface area contributed by atoms with Crippen LogP contribution < -0.4 is 0 Å². The number of aromatic nitrogens is 5. The predicted molar refractivity (Wildman–Crippen MR) is 94.3 cm³/mol. The lowest BCUT2D eigenvalue weighted by Crippen LogP contribution is -2.40. The van der Waals surface area contributed by atoms with Crippen molar-refractivity contribution in [1.29, 1.82) is 0 Å². The number of nitrogens with zero attached hydrogens (tertiary/aromatic N) is 7. The summed E-state index contributed by atoms with van der Waals surface area (Å²) in [6.07, 6.45) is 3.79. The monoisotopic (exact) mass is 409 g/mol. The SMILES string of the molecule is Cn1cc(C(=O)N2CC(F)(F)C[C@H]2Cn2cc(C(=O)N3CCOCC3)nn2)cn1. The molecule has 156 valence electrons. The third kappa shape index (κ3) is 4.11. The Bertz CT molecular complexity index is 906. The van der Waals surface area contributed by atoms with E-state index in [1.165, 1.54) is 28.0 Å². The summed E-state index contributed by atoms with van der Waals surface area (Å²) in [5.41, 5.74) is 0.388. The Labute approximate surface area is 165 Å². The number of hydrogen-bond acceptors (Lipinski definition) is 6. The number of carbonyl (C=O) groups excluding carboxylic acids is 2. The Balaban J connectivity index is 1.47. The fraction of sp³-hybridized carbons (Fsp3) is 0.588.